The van der Waals surface area contributed by atoms with Crippen LogP contribution in [0.2, 0.25) is 0 Å². The summed E-state index contributed by atoms with van der Waals surface area (Å²) in [5.41, 5.74) is 6.04. The SMILES string of the molecule is COc1ccc(C(=O)Oc2ccc3ccccc3c2/C=N/NC(=O)c2ccc(OCc3ccc(C)cc3)cc2)cc1OC. The van der Waals surface area contributed by atoms with Crippen molar-refractivity contribution in [1.29, 1.82) is 0 Å². The van der Waals surface area contributed by atoms with Gasteiger partial charge in [0.1, 0.15) is 18.1 Å². The molecule has 0 atom stereocenters. The van der Waals surface area contributed by atoms with Gasteiger partial charge in [-0.25, -0.2) is 10.2 Å². The zero-order valence-electron chi connectivity index (χ0n) is 24.0. The number of fused-ring (bicyclic) bond motifs is 1. The third kappa shape index (κ3) is 7.00. The van der Waals surface area contributed by atoms with Crippen LogP contribution in [-0.4, -0.2) is 32.3 Å². The fraction of sp³-hybridized carbons (Fsp3) is 0.114. The average Bonchev–Trinajstić information content (AvgIpc) is 3.05. The fourth-order valence-corrected chi connectivity index (χ4v) is 4.39. The largest absolute Gasteiger partial charge is 0.493 e. The number of hydrogen-bond donors (Lipinski definition) is 1. The molecule has 43 heavy (non-hydrogen) atoms. The molecule has 0 saturated heterocycles. The molecule has 0 fully saturated rings. The van der Waals surface area contributed by atoms with Gasteiger partial charge in [0.25, 0.3) is 5.91 Å². The highest BCUT2D eigenvalue weighted by molar-refractivity contribution is 6.04. The number of hydrazone groups is 1. The molecule has 0 radical (unpaired) electrons. The lowest BCUT2D eigenvalue weighted by Gasteiger charge is -2.12. The van der Waals surface area contributed by atoms with Gasteiger partial charge in [0.15, 0.2) is 11.5 Å². The van der Waals surface area contributed by atoms with Gasteiger partial charge in [-0.1, -0.05) is 60.2 Å². The second kappa shape index (κ2) is 13.4. The maximum atomic E-state index is 13.1. The zero-order valence-corrected chi connectivity index (χ0v) is 24.0. The molecule has 0 spiro atoms. The van der Waals surface area contributed by atoms with E-state index in [4.69, 9.17) is 18.9 Å². The number of nitrogens with one attached hydrogen (secondary N) is 1. The molecule has 1 N–H and O–H groups in total. The summed E-state index contributed by atoms with van der Waals surface area (Å²) in [6.45, 7) is 2.47. The minimum atomic E-state index is -0.584. The number of ether oxygens (including phenoxy) is 4. The van der Waals surface area contributed by atoms with E-state index in [1.807, 2.05) is 61.5 Å². The number of aryl methyl sites for hydroxylation is 1. The normalized spacial score (nSPS) is 10.9. The summed E-state index contributed by atoms with van der Waals surface area (Å²) in [5.74, 6) is 0.859. The van der Waals surface area contributed by atoms with Crippen LogP contribution in [0.1, 0.15) is 37.4 Å². The second-order valence-corrected chi connectivity index (χ2v) is 9.66. The molecule has 0 aliphatic heterocycles. The topological polar surface area (TPSA) is 95.5 Å². The van der Waals surface area contributed by atoms with Crippen LogP contribution in [-0.2, 0) is 6.61 Å². The Bertz CT molecular complexity index is 1780. The first-order valence-corrected chi connectivity index (χ1v) is 13.5. The van der Waals surface area contributed by atoms with Crippen LogP contribution in [0, 0.1) is 6.92 Å². The van der Waals surface area contributed by atoms with E-state index >= 15 is 0 Å². The van der Waals surface area contributed by atoms with E-state index in [9.17, 15) is 9.59 Å². The molecule has 5 aromatic carbocycles. The van der Waals surface area contributed by atoms with E-state index in [-0.39, 0.29) is 11.3 Å². The molecule has 8 heteroatoms. The average molecular weight is 575 g/mol. The summed E-state index contributed by atoms with van der Waals surface area (Å²) in [4.78, 5) is 25.9. The maximum absolute atomic E-state index is 13.1. The molecule has 1 amide bonds. The van der Waals surface area contributed by atoms with Crippen LogP contribution in [0.25, 0.3) is 10.8 Å². The summed E-state index contributed by atoms with van der Waals surface area (Å²) in [6, 6.07) is 30.9. The number of methoxy groups -OCH3 is 2. The number of carbonyl (C=O) groups is 2. The number of rotatable bonds is 10. The van der Waals surface area contributed by atoms with Crippen molar-refractivity contribution < 1.29 is 28.5 Å². The van der Waals surface area contributed by atoms with Crippen molar-refractivity contribution in [3.63, 3.8) is 0 Å². The molecule has 0 bridgehead atoms. The Morgan fingerprint density at radius 3 is 2.21 bits per heavy atom. The van der Waals surface area contributed by atoms with Crippen LogP contribution in [0.3, 0.4) is 0 Å². The standard InChI is InChI=1S/C35H30N2O6/c1-23-8-10-24(11-9-23)22-42-28-16-12-26(13-17-28)34(38)37-36-21-30-29-7-5-4-6-25(29)14-18-31(30)43-35(39)27-15-19-32(40-2)33(20-27)41-3/h4-21H,22H2,1-3H3,(H,37,38)/b36-21+. The van der Waals surface area contributed by atoms with E-state index in [1.165, 1.54) is 26.0 Å². The maximum Gasteiger partial charge on any atom is 0.343 e. The van der Waals surface area contributed by atoms with Crippen molar-refractivity contribution in [1.82, 2.24) is 5.43 Å². The highest BCUT2D eigenvalue weighted by Gasteiger charge is 2.16. The predicted molar refractivity (Wildman–Crippen MR) is 165 cm³/mol. The number of carbonyl (C=O) groups excluding carboxylic acids is 2. The van der Waals surface area contributed by atoms with E-state index in [2.05, 4.69) is 10.5 Å². The number of amides is 1. The van der Waals surface area contributed by atoms with Gasteiger partial charge in [0.05, 0.1) is 26.0 Å². The van der Waals surface area contributed by atoms with Crippen LogP contribution in [0.15, 0.2) is 108 Å². The Balaban J connectivity index is 1.29. The summed E-state index contributed by atoms with van der Waals surface area (Å²) in [6.07, 6.45) is 1.47. The van der Waals surface area contributed by atoms with Crippen LogP contribution >= 0.6 is 0 Å². The van der Waals surface area contributed by atoms with Crippen molar-refractivity contribution >= 4 is 28.9 Å². The molecule has 5 rings (SSSR count). The van der Waals surface area contributed by atoms with Gasteiger partial charge in [-0.15, -0.1) is 0 Å². The molecule has 8 nitrogen and oxygen atoms in total. The minimum absolute atomic E-state index is 0.284. The summed E-state index contributed by atoms with van der Waals surface area (Å²) in [7, 11) is 3.01. The molecular weight excluding hydrogens is 544 g/mol. The highest BCUT2D eigenvalue weighted by Crippen LogP contribution is 2.30. The van der Waals surface area contributed by atoms with Gasteiger partial charge in [-0.2, -0.15) is 5.10 Å². The van der Waals surface area contributed by atoms with Crippen LogP contribution in [0.5, 0.6) is 23.0 Å². The summed E-state index contributed by atoms with van der Waals surface area (Å²) < 4.78 is 22.2. The van der Waals surface area contributed by atoms with Gasteiger partial charge in [-0.3, -0.25) is 4.79 Å². The quantitative estimate of drug-likeness (QED) is 0.0860. The Morgan fingerprint density at radius 2 is 1.47 bits per heavy atom. The molecule has 216 valence electrons. The molecule has 0 aliphatic rings. The minimum Gasteiger partial charge on any atom is -0.493 e. The Hall–Kier alpha value is -5.63. The van der Waals surface area contributed by atoms with Crippen molar-refractivity contribution in [2.24, 2.45) is 5.10 Å². The van der Waals surface area contributed by atoms with Crippen LogP contribution < -0.4 is 24.4 Å². The third-order valence-electron chi connectivity index (χ3n) is 6.75. The van der Waals surface area contributed by atoms with Crippen molar-refractivity contribution in [3.05, 3.63) is 131 Å². The van der Waals surface area contributed by atoms with Crippen molar-refractivity contribution in [2.75, 3.05) is 14.2 Å². The lowest BCUT2D eigenvalue weighted by Crippen LogP contribution is -2.17. The lowest BCUT2D eigenvalue weighted by atomic mass is 10.0. The van der Waals surface area contributed by atoms with Crippen molar-refractivity contribution in [2.45, 2.75) is 13.5 Å². The van der Waals surface area contributed by atoms with Gasteiger partial charge in [0, 0.05) is 11.1 Å². The Labute approximate surface area is 249 Å². The van der Waals surface area contributed by atoms with Crippen LogP contribution in [0.4, 0.5) is 0 Å². The molecule has 0 aromatic heterocycles. The van der Waals surface area contributed by atoms with Gasteiger partial charge in [-0.05, 0) is 71.8 Å². The summed E-state index contributed by atoms with van der Waals surface area (Å²) >= 11 is 0. The predicted octanol–water partition coefficient (Wildman–Crippen LogP) is 6.73. The smallest absolute Gasteiger partial charge is 0.343 e. The number of esters is 1. The molecule has 0 heterocycles. The number of nitrogens with zero attached hydrogens (tertiary/aromatic N) is 1. The lowest BCUT2D eigenvalue weighted by molar-refractivity contribution is 0.0734. The van der Waals surface area contributed by atoms with E-state index in [1.54, 1.807) is 48.5 Å². The van der Waals surface area contributed by atoms with Gasteiger partial charge < -0.3 is 18.9 Å². The molecule has 0 aliphatic carbocycles. The molecular formula is C35H30N2O6. The Kier molecular flexibility index (Phi) is 8.97. The highest BCUT2D eigenvalue weighted by atomic mass is 16.5. The molecule has 0 saturated carbocycles. The van der Waals surface area contributed by atoms with E-state index < -0.39 is 11.9 Å². The third-order valence-corrected chi connectivity index (χ3v) is 6.75. The summed E-state index contributed by atoms with van der Waals surface area (Å²) in [5, 5.41) is 5.90. The Morgan fingerprint density at radius 1 is 0.767 bits per heavy atom. The monoisotopic (exact) mass is 574 g/mol. The molecule has 0 unspecified atom stereocenters. The molecule has 5 aromatic rings. The van der Waals surface area contributed by atoms with Crippen molar-refractivity contribution in [3.8, 4) is 23.0 Å². The van der Waals surface area contributed by atoms with Gasteiger partial charge >= 0.3 is 5.97 Å². The number of benzene rings is 5. The van der Waals surface area contributed by atoms with Gasteiger partial charge in [0.2, 0.25) is 0 Å². The van der Waals surface area contributed by atoms with E-state index in [0.717, 1.165) is 16.3 Å². The first-order chi connectivity index (χ1) is 20.9. The first-order valence-electron chi connectivity index (χ1n) is 13.5. The fourth-order valence-electron chi connectivity index (χ4n) is 4.39. The zero-order chi connectivity index (χ0) is 30.2. The number of hydrogen-bond acceptors (Lipinski definition) is 7. The first kappa shape index (κ1) is 28.9. The van der Waals surface area contributed by atoms with E-state index in [0.29, 0.717) is 35.0 Å². The second-order valence-electron chi connectivity index (χ2n) is 9.66.